The summed E-state index contributed by atoms with van der Waals surface area (Å²) in [4.78, 5) is 2.46. The van der Waals surface area contributed by atoms with E-state index in [-0.39, 0.29) is 10.8 Å². The molecule has 10 aromatic rings. The standard InChI is InChI=1S/C60H46N2/c1-59(2)53-21-13-11-19-47(53)49-32-29-45(37-55(49)59)61(44-27-23-40(24-28-44)39-15-7-5-8-16-39)46-30-33-50-48-31-25-42(36-54(48)60(3,4)56(50)38-46)41-26-34-58-52(35-41)51-20-12-14-22-57(51)62(58)43-17-9-6-10-18-43/h5-38H,1-4H3. The number of benzene rings is 9. The van der Waals surface area contributed by atoms with Gasteiger partial charge in [0.2, 0.25) is 0 Å². The fraction of sp³-hybridized carbons (Fsp3) is 0.100. The lowest BCUT2D eigenvalue weighted by molar-refractivity contribution is 0.660. The summed E-state index contributed by atoms with van der Waals surface area (Å²) < 4.78 is 2.39. The fourth-order valence-electron chi connectivity index (χ4n) is 10.8. The van der Waals surface area contributed by atoms with Gasteiger partial charge in [-0.05, 0) is 140 Å². The molecule has 9 aromatic carbocycles. The molecule has 0 N–H and O–H groups in total. The maximum atomic E-state index is 2.46. The zero-order valence-corrected chi connectivity index (χ0v) is 35.5. The van der Waals surface area contributed by atoms with Crippen LogP contribution in [0.5, 0.6) is 0 Å². The molecule has 1 heterocycles. The van der Waals surface area contributed by atoms with E-state index in [4.69, 9.17) is 0 Å². The maximum Gasteiger partial charge on any atom is 0.0541 e. The van der Waals surface area contributed by atoms with Crippen molar-refractivity contribution < 1.29 is 0 Å². The Morgan fingerprint density at radius 3 is 1.50 bits per heavy atom. The topological polar surface area (TPSA) is 8.17 Å². The second-order valence-corrected chi connectivity index (χ2v) is 18.2. The Balaban J connectivity index is 0.956. The first kappa shape index (κ1) is 36.4. The smallest absolute Gasteiger partial charge is 0.0541 e. The van der Waals surface area contributed by atoms with Gasteiger partial charge in [0, 0.05) is 44.4 Å². The lowest BCUT2D eigenvalue weighted by atomic mass is 9.81. The average Bonchev–Trinajstić information content (AvgIpc) is 3.86. The van der Waals surface area contributed by atoms with E-state index in [0.29, 0.717) is 0 Å². The van der Waals surface area contributed by atoms with Crippen LogP contribution in [0.3, 0.4) is 0 Å². The van der Waals surface area contributed by atoms with Crippen LogP contribution in [0.2, 0.25) is 0 Å². The van der Waals surface area contributed by atoms with E-state index < -0.39 is 0 Å². The number of rotatable bonds is 6. The van der Waals surface area contributed by atoms with E-state index in [9.17, 15) is 0 Å². The Morgan fingerprint density at radius 2 is 0.790 bits per heavy atom. The molecule has 0 radical (unpaired) electrons. The van der Waals surface area contributed by atoms with Crippen LogP contribution in [0.4, 0.5) is 17.1 Å². The molecule has 0 amide bonds. The molecule has 12 rings (SSSR count). The van der Waals surface area contributed by atoms with Crippen LogP contribution in [0.15, 0.2) is 206 Å². The molecule has 0 unspecified atom stereocenters. The number of fused-ring (bicyclic) bond motifs is 9. The highest BCUT2D eigenvalue weighted by molar-refractivity contribution is 6.10. The second kappa shape index (κ2) is 13.5. The summed E-state index contributed by atoms with van der Waals surface area (Å²) >= 11 is 0. The molecule has 2 nitrogen and oxygen atoms in total. The Kier molecular flexibility index (Phi) is 7.96. The number of nitrogens with zero attached hydrogens (tertiary/aromatic N) is 2. The highest BCUT2D eigenvalue weighted by Crippen LogP contribution is 2.54. The molecule has 2 heteroatoms. The van der Waals surface area contributed by atoms with E-state index >= 15 is 0 Å². The normalized spacial score (nSPS) is 14.1. The van der Waals surface area contributed by atoms with E-state index in [0.717, 1.165) is 17.1 Å². The van der Waals surface area contributed by atoms with Crippen LogP contribution in [-0.2, 0) is 10.8 Å². The minimum atomic E-state index is -0.214. The molecular formula is C60H46N2. The van der Waals surface area contributed by atoms with Gasteiger partial charge < -0.3 is 9.47 Å². The Bertz CT molecular complexity index is 3390. The molecule has 0 bridgehead atoms. The maximum absolute atomic E-state index is 2.46. The molecule has 0 aliphatic heterocycles. The average molecular weight is 795 g/mol. The van der Waals surface area contributed by atoms with Gasteiger partial charge in [-0.15, -0.1) is 0 Å². The third-order valence-corrected chi connectivity index (χ3v) is 14.0. The predicted molar refractivity (Wildman–Crippen MR) is 261 cm³/mol. The highest BCUT2D eigenvalue weighted by Gasteiger charge is 2.38. The monoisotopic (exact) mass is 794 g/mol. The highest BCUT2D eigenvalue weighted by atomic mass is 15.1. The first-order valence-electron chi connectivity index (χ1n) is 21.8. The first-order chi connectivity index (χ1) is 30.3. The molecule has 2 aliphatic rings. The van der Waals surface area contributed by atoms with Crippen molar-refractivity contribution in [1.82, 2.24) is 4.57 Å². The van der Waals surface area contributed by atoms with Gasteiger partial charge in [0.15, 0.2) is 0 Å². The number of aromatic nitrogens is 1. The minimum absolute atomic E-state index is 0.104. The van der Waals surface area contributed by atoms with Crippen molar-refractivity contribution in [2.75, 3.05) is 4.90 Å². The van der Waals surface area contributed by atoms with Gasteiger partial charge in [0.25, 0.3) is 0 Å². The number of hydrogen-bond acceptors (Lipinski definition) is 1. The molecule has 0 spiro atoms. The van der Waals surface area contributed by atoms with Gasteiger partial charge in [0.1, 0.15) is 0 Å². The number of hydrogen-bond donors (Lipinski definition) is 0. The van der Waals surface area contributed by atoms with Crippen LogP contribution in [0.25, 0.3) is 72.0 Å². The van der Waals surface area contributed by atoms with Crippen LogP contribution in [0.1, 0.15) is 49.9 Å². The fourth-order valence-corrected chi connectivity index (χ4v) is 10.8. The first-order valence-corrected chi connectivity index (χ1v) is 21.8. The van der Waals surface area contributed by atoms with Crippen molar-refractivity contribution in [2.24, 2.45) is 0 Å². The zero-order valence-electron chi connectivity index (χ0n) is 35.5. The van der Waals surface area contributed by atoms with Gasteiger partial charge in [-0.2, -0.15) is 0 Å². The molecule has 1 aromatic heterocycles. The largest absolute Gasteiger partial charge is 0.310 e. The van der Waals surface area contributed by atoms with Crippen molar-refractivity contribution in [3.63, 3.8) is 0 Å². The van der Waals surface area contributed by atoms with Crippen LogP contribution in [-0.4, -0.2) is 4.57 Å². The number of anilines is 3. The van der Waals surface area contributed by atoms with Crippen LogP contribution in [0, 0.1) is 0 Å². The van der Waals surface area contributed by atoms with E-state index in [1.165, 1.54) is 94.3 Å². The second-order valence-electron chi connectivity index (χ2n) is 18.2. The minimum Gasteiger partial charge on any atom is -0.310 e. The van der Waals surface area contributed by atoms with Crippen molar-refractivity contribution in [2.45, 2.75) is 38.5 Å². The lowest BCUT2D eigenvalue weighted by Gasteiger charge is -2.30. The number of para-hydroxylation sites is 2. The van der Waals surface area contributed by atoms with Crippen molar-refractivity contribution in [3.8, 4) is 50.2 Å². The molecule has 0 saturated carbocycles. The van der Waals surface area contributed by atoms with Crippen molar-refractivity contribution in [3.05, 3.63) is 229 Å². The summed E-state index contributed by atoms with van der Waals surface area (Å²) in [7, 11) is 0. The third-order valence-electron chi connectivity index (χ3n) is 14.0. The van der Waals surface area contributed by atoms with Gasteiger partial charge in [0.05, 0.1) is 11.0 Å². The summed E-state index contributed by atoms with van der Waals surface area (Å²) in [6, 6.07) is 76.5. The Labute approximate surface area is 364 Å². The molecular weight excluding hydrogens is 749 g/mol. The van der Waals surface area contributed by atoms with E-state index in [1.807, 2.05) is 0 Å². The zero-order chi connectivity index (χ0) is 41.7. The summed E-state index contributed by atoms with van der Waals surface area (Å²) in [6.45, 7) is 9.53. The van der Waals surface area contributed by atoms with E-state index in [1.54, 1.807) is 0 Å². The van der Waals surface area contributed by atoms with Crippen LogP contribution >= 0.6 is 0 Å². The molecule has 0 fully saturated rings. The molecule has 62 heavy (non-hydrogen) atoms. The molecule has 296 valence electrons. The lowest BCUT2D eigenvalue weighted by Crippen LogP contribution is -2.18. The molecule has 0 atom stereocenters. The summed E-state index contributed by atoms with van der Waals surface area (Å²) in [6.07, 6.45) is 0. The van der Waals surface area contributed by atoms with Gasteiger partial charge in [-0.25, -0.2) is 0 Å². The molecule has 2 aliphatic carbocycles. The van der Waals surface area contributed by atoms with Gasteiger partial charge in [-0.3, -0.25) is 0 Å². The van der Waals surface area contributed by atoms with Crippen molar-refractivity contribution in [1.29, 1.82) is 0 Å². The van der Waals surface area contributed by atoms with Crippen molar-refractivity contribution >= 4 is 38.9 Å². The van der Waals surface area contributed by atoms with Crippen LogP contribution < -0.4 is 4.90 Å². The third kappa shape index (κ3) is 5.43. The van der Waals surface area contributed by atoms with E-state index in [2.05, 4.69) is 243 Å². The summed E-state index contributed by atoms with van der Waals surface area (Å²) in [5.74, 6) is 0. The molecule has 0 saturated heterocycles. The Hall–Kier alpha value is -7.42. The van der Waals surface area contributed by atoms with Gasteiger partial charge in [-0.1, -0.05) is 161 Å². The quantitative estimate of drug-likeness (QED) is 0.163. The summed E-state index contributed by atoms with van der Waals surface area (Å²) in [5, 5.41) is 2.54. The Morgan fingerprint density at radius 1 is 0.323 bits per heavy atom. The SMILES string of the molecule is CC1(C)c2ccccc2-c2ccc(N(c3ccc(-c4ccccc4)cc3)c3ccc4c(c3)C(C)(C)c3cc(-c5ccc6c(c5)c5ccccc5n6-c5ccccc5)ccc3-4)cc21. The summed E-state index contributed by atoms with van der Waals surface area (Å²) in [5.41, 5.74) is 22.4. The predicted octanol–water partition coefficient (Wildman–Crippen LogP) is 16.2. The van der Waals surface area contributed by atoms with Gasteiger partial charge >= 0.3 is 0 Å².